The van der Waals surface area contributed by atoms with Gasteiger partial charge in [0.1, 0.15) is 16.8 Å². The van der Waals surface area contributed by atoms with Gasteiger partial charge in [-0.3, -0.25) is 0 Å². The number of rotatable bonds is 7. The average molecular weight is 583 g/mol. The molecule has 44 heavy (non-hydrogen) atoms. The highest BCUT2D eigenvalue weighted by Crippen LogP contribution is 2.42. The molecule has 0 amide bonds. The van der Waals surface area contributed by atoms with E-state index in [0.717, 1.165) is 50.2 Å². The number of fused-ring (bicyclic) bond motifs is 2. The van der Waals surface area contributed by atoms with Crippen molar-refractivity contribution in [3.05, 3.63) is 89.5 Å². The van der Waals surface area contributed by atoms with Gasteiger partial charge >= 0.3 is 0 Å². The Balaban J connectivity index is 1.03. The van der Waals surface area contributed by atoms with Gasteiger partial charge in [0.15, 0.2) is 11.2 Å². The highest BCUT2D eigenvalue weighted by atomic mass is 16.5. The smallest absolute Gasteiger partial charge is 0.227 e. The Morgan fingerprint density at radius 1 is 0.614 bits per heavy atom. The SMILES string of the molecule is CCOc1cc2nc(-c3ccc(-c4ccc(-c5nc6cc(C)c(C7CCCC7)cc6o5)cc4)cc3)oc2cc1C1CCCC1. The summed E-state index contributed by atoms with van der Waals surface area (Å²) in [4.78, 5) is 9.66. The van der Waals surface area contributed by atoms with Gasteiger partial charge in [0, 0.05) is 22.8 Å². The van der Waals surface area contributed by atoms with Gasteiger partial charge in [0.25, 0.3) is 0 Å². The fourth-order valence-corrected chi connectivity index (χ4v) is 7.43. The van der Waals surface area contributed by atoms with E-state index in [9.17, 15) is 0 Å². The second-order valence-electron chi connectivity index (χ2n) is 12.6. The van der Waals surface area contributed by atoms with Crippen LogP contribution in [0.4, 0.5) is 0 Å². The third-order valence-electron chi connectivity index (χ3n) is 9.78. The topological polar surface area (TPSA) is 61.3 Å². The molecule has 2 fully saturated rings. The fraction of sp³-hybridized carbons (Fsp3) is 0.333. The van der Waals surface area contributed by atoms with E-state index in [4.69, 9.17) is 23.5 Å². The van der Waals surface area contributed by atoms with E-state index < -0.39 is 0 Å². The fourth-order valence-electron chi connectivity index (χ4n) is 7.43. The first-order valence-electron chi connectivity index (χ1n) is 16.3. The van der Waals surface area contributed by atoms with Crippen molar-refractivity contribution < 1.29 is 13.6 Å². The molecule has 0 atom stereocenters. The predicted octanol–water partition coefficient (Wildman–Crippen LogP) is 11.0. The van der Waals surface area contributed by atoms with Crippen LogP contribution in [-0.2, 0) is 0 Å². The summed E-state index contributed by atoms with van der Waals surface area (Å²) in [7, 11) is 0. The molecule has 2 aromatic heterocycles. The van der Waals surface area contributed by atoms with Crippen LogP contribution in [0, 0.1) is 6.92 Å². The molecule has 2 aliphatic rings. The first-order chi connectivity index (χ1) is 21.6. The molecular weight excluding hydrogens is 544 g/mol. The molecule has 5 heteroatoms. The second-order valence-corrected chi connectivity index (χ2v) is 12.6. The summed E-state index contributed by atoms with van der Waals surface area (Å²) >= 11 is 0. The van der Waals surface area contributed by atoms with E-state index in [1.807, 2.05) is 6.92 Å². The van der Waals surface area contributed by atoms with Crippen molar-refractivity contribution in [1.82, 2.24) is 9.97 Å². The Bertz CT molecular complexity index is 1940. The van der Waals surface area contributed by atoms with Crippen molar-refractivity contribution in [2.75, 3.05) is 6.61 Å². The number of aryl methyl sites for hydroxylation is 1. The first-order valence-corrected chi connectivity index (χ1v) is 16.3. The minimum Gasteiger partial charge on any atom is -0.494 e. The van der Waals surface area contributed by atoms with Crippen molar-refractivity contribution in [2.45, 2.75) is 77.0 Å². The maximum atomic E-state index is 6.28. The maximum Gasteiger partial charge on any atom is 0.227 e. The standard InChI is InChI=1S/C39H38N2O3/c1-3-42-35-23-34-37(22-32(35)28-10-6-7-11-28)44-39(41-34)30-18-14-26(15-19-30)25-12-16-29(17-13-25)38-40-33-20-24(2)31(21-36(33)43-38)27-8-4-5-9-27/h12-23,27-28H,3-11H2,1-2H3. The summed E-state index contributed by atoms with van der Waals surface area (Å²) in [6, 6.07) is 25.5. The summed E-state index contributed by atoms with van der Waals surface area (Å²) in [5.74, 6) is 3.46. The van der Waals surface area contributed by atoms with Gasteiger partial charge in [-0.2, -0.15) is 0 Å². The molecule has 222 valence electrons. The highest BCUT2D eigenvalue weighted by Gasteiger charge is 2.24. The molecule has 2 heterocycles. The Morgan fingerprint density at radius 2 is 1.07 bits per heavy atom. The zero-order valence-corrected chi connectivity index (χ0v) is 25.6. The quantitative estimate of drug-likeness (QED) is 0.187. The lowest BCUT2D eigenvalue weighted by atomic mass is 9.93. The van der Waals surface area contributed by atoms with Crippen LogP contribution >= 0.6 is 0 Å². The Hall–Kier alpha value is -4.38. The monoisotopic (exact) mass is 582 g/mol. The molecule has 8 rings (SSSR count). The Labute approximate surface area is 258 Å². The van der Waals surface area contributed by atoms with Crippen molar-refractivity contribution >= 4 is 22.2 Å². The number of hydrogen-bond donors (Lipinski definition) is 0. The van der Waals surface area contributed by atoms with Crippen LogP contribution in [0.5, 0.6) is 5.75 Å². The van der Waals surface area contributed by atoms with Gasteiger partial charge in [-0.15, -0.1) is 0 Å². The summed E-state index contributed by atoms with van der Waals surface area (Å²) in [6.45, 7) is 4.89. The van der Waals surface area contributed by atoms with Crippen LogP contribution in [-0.4, -0.2) is 16.6 Å². The summed E-state index contributed by atoms with van der Waals surface area (Å²) in [5.41, 5.74) is 11.7. The van der Waals surface area contributed by atoms with E-state index >= 15 is 0 Å². The Kier molecular flexibility index (Phi) is 6.97. The third-order valence-corrected chi connectivity index (χ3v) is 9.78. The van der Waals surface area contributed by atoms with Crippen LogP contribution in [0.15, 0.2) is 81.6 Å². The van der Waals surface area contributed by atoms with Crippen LogP contribution in [0.25, 0.3) is 56.2 Å². The number of benzene rings is 4. The van der Waals surface area contributed by atoms with Crippen LogP contribution in [0.2, 0.25) is 0 Å². The maximum absolute atomic E-state index is 6.28. The van der Waals surface area contributed by atoms with Crippen LogP contribution in [0.1, 0.15) is 86.8 Å². The summed E-state index contributed by atoms with van der Waals surface area (Å²) in [6.07, 6.45) is 10.2. The lowest BCUT2D eigenvalue weighted by molar-refractivity contribution is 0.334. The van der Waals surface area contributed by atoms with Gasteiger partial charge in [-0.25, -0.2) is 9.97 Å². The largest absolute Gasteiger partial charge is 0.494 e. The molecule has 0 spiro atoms. The zero-order chi connectivity index (χ0) is 29.6. The van der Waals surface area contributed by atoms with Gasteiger partial charge < -0.3 is 13.6 Å². The van der Waals surface area contributed by atoms with Gasteiger partial charge in [-0.1, -0.05) is 49.9 Å². The molecule has 6 aromatic rings. The normalized spacial score (nSPS) is 16.0. The minimum absolute atomic E-state index is 0.543. The number of oxazole rings is 2. The molecule has 0 saturated heterocycles. The summed E-state index contributed by atoms with van der Waals surface area (Å²) < 4.78 is 18.6. The van der Waals surface area contributed by atoms with Gasteiger partial charge in [0.2, 0.25) is 11.8 Å². The van der Waals surface area contributed by atoms with Crippen molar-refractivity contribution in [1.29, 1.82) is 0 Å². The molecule has 0 bridgehead atoms. The molecule has 0 aliphatic heterocycles. The third kappa shape index (κ3) is 4.98. The van der Waals surface area contributed by atoms with Gasteiger partial charge in [0.05, 0.1) is 6.61 Å². The van der Waals surface area contributed by atoms with E-state index in [1.165, 1.54) is 68.1 Å². The van der Waals surface area contributed by atoms with Crippen molar-refractivity contribution in [2.24, 2.45) is 0 Å². The number of aromatic nitrogens is 2. The molecule has 5 nitrogen and oxygen atoms in total. The molecule has 0 N–H and O–H groups in total. The second kappa shape index (κ2) is 11.3. The molecule has 4 aromatic carbocycles. The molecular formula is C39H38N2O3. The van der Waals surface area contributed by atoms with E-state index in [0.29, 0.717) is 30.2 Å². The lowest BCUT2D eigenvalue weighted by Gasteiger charge is -2.15. The van der Waals surface area contributed by atoms with Crippen molar-refractivity contribution in [3.8, 4) is 39.8 Å². The molecule has 0 unspecified atom stereocenters. The number of ether oxygens (including phenoxy) is 1. The lowest BCUT2D eigenvalue weighted by Crippen LogP contribution is -2.00. The van der Waals surface area contributed by atoms with Crippen LogP contribution in [0.3, 0.4) is 0 Å². The first kappa shape index (κ1) is 27.2. The van der Waals surface area contributed by atoms with E-state index in [-0.39, 0.29) is 0 Å². The Morgan fingerprint density at radius 3 is 1.59 bits per heavy atom. The van der Waals surface area contributed by atoms with E-state index in [1.54, 1.807) is 0 Å². The van der Waals surface area contributed by atoms with Crippen molar-refractivity contribution in [3.63, 3.8) is 0 Å². The predicted molar refractivity (Wildman–Crippen MR) is 176 cm³/mol. The number of hydrogen-bond acceptors (Lipinski definition) is 5. The zero-order valence-electron chi connectivity index (χ0n) is 25.6. The minimum atomic E-state index is 0.543. The highest BCUT2D eigenvalue weighted by molar-refractivity contribution is 5.81. The molecule has 0 radical (unpaired) electrons. The van der Waals surface area contributed by atoms with E-state index in [2.05, 4.69) is 79.7 Å². The number of nitrogens with zero attached hydrogens (tertiary/aromatic N) is 2. The molecule has 2 saturated carbocycles. The molecule has 2 aliphatic carbocycles. The summed E-state index contributed by atoms with van der Waals surface area (Å²) in [5, 5.41) is 0. The average Bonchev–Trinajstić information content (AvgIpc) is 3.88. The van der Waals surface area contributed by atoms with Crippen LogP contribution < -0.4 is 4.74 Å². The van der Waals surface area contributed by atoms with Gasteiger partial charge in [-0.05, 0) is 116 Å².